The Balaban J connectivity index is 1.85. The highest BCUT2D eigenvalue weighted by Gasteiger charge is 2.46. The van der Waals surface area contributed by atoms with E-state index in [4.69, 9.17) is 4.74 Å². The Morgan fingerprint density at radius 1 is 0.933 bits per heavy atom. The smallest absolute Gasteiger partial charge is 0.295 e. The third kappa shape index (κ3) is 3.57. The molecule has 1 heterocycles. The van der Waals surface area contributed by atoms with Gasteiger partial charge in [-0.25, -0.2) is 0 Å². The zero-order valence-electron chi connectivity index (χ0n) is 16.5. The fourth-order valence-corrected chi connectivity index (χ4v) is 3.73. The van der Waals surface area contributed by atoms with E-state index in [2.05, 4.69) is 0 Å². The molecule has 0 radical (unpaired) electrons. The van der Waals surface area contributed by atoms with Gasteiger partial charge in [0.1, 0.15) is 11.5 Å². The van der Waals surface area contributed by atoms with E-state index in [9.17, 15) is 14.7 Å². The van der Waals surface area contributed by atoms with Crippen LogP contribution in [0.1, 0.15) is 22.7 Å². The number of carbonyl (C=O) groups excluding carboxylic acids is 2. The lowest BCUT2D eigenvalue weighted by Gasteiger charge is -2.25. The summed E-state index contributed by atoms with van der Waals surface area (Å²) in [5, 5.41) is 11.1. The number of aliphatic hydroxyl groups excluding tert-OH is 1. The summed E-state index contributed by atoms with van der Waals surface area (Å²) < 4.78 is 5.23. The van der Waals surface area contributed by atoms with Crippen molar-refractivity contribution in [3.8, 4) is 5.75 Å². The first-order valence-corrected chi connectivity index (χ1v) is 9.62. The predicted molar refractivity (Wildman–Crippen MR) is 114 cm³/mol. The van der Waals surface area contributed by atoms with Gasteiger partial charge in [0, 0.05) is 12.1 Å². The summed E-state index contributed by atoms with van der Waals surface area (Å²) in [7, 11) is 1.53. The van der Waals surface area contributed by atoms with Crippen LogP contribution in [0.5, 0.6) is 5.75 Å². The van der Waals surface area contributed by atoms with Crippen LogP contribution in [0.4, 0.5) is 0 Å². The number of ketones is 1. The number of hydrogen-bond acceptors (Lipinski definition) is 4. The van der Waals surface area contributed by atoms with Crippen molar-refractivity contribution >= 4 is 17.4 Å². The average Bonchev–Trinajstić information content (AvgIpc) is 3.05. The van der Waals surface area contributed by atoms with Crippen LogP contribution >= 0.6 is 0 Å². The van der Waals surface area contributed by atoms with E-state index in [0.717, 1.165) is 11.1 Å². The molecular formula is C25H21NO4. The van der Waals surface area contributed by atoms with Crippen LogP contribution in [0.25, 0.3) is 5.76 Å². The van der Waals surface area contributed by atoms with Crippen molar-refractivity contribution in [2.24, 2.45) is 0 Å². The van der Waals surface area contributed by atoms with Gasteiger partial charge in [0.05, 0.1) is 18.7 Å². The van der Waals surface area contributed by atoms with Crippen molar-refractivity contribution in [3.05, 3.63) is 107 Å². The summed E-state index contributed by atoms with van der Waals surface area (Å²) in [6.45, 7) is 0.264. The second-order valence-electron chi connectivity index (χ2n) is 7.06. The summed E-state index contributed by atoms with van der Waals surface area (Å²) in [5.74, 6) is -0.984. The summed E-state index contributed by atoms with van der Waals surface area (Å²) in [6.07, 6.45) is 0. The highest BCUT2D eigenvalue weighted by Crippen LogP contribution is 2.40. The molecule has 0 saturated carbocycles. The molecule has 1 atom stereocenters. The summed E-state index contributed by atoms with van der Waals surface area (Å²) in [6, 6.07) is 24.9. The first kappa shape index (κ1) is 19.5. The standard InChI is InChI=1S/C25H21NO4/c1-30-20-14-8-13-19(15-20)23(27)21-22(18-11-6-3-7-12-18)26(25(29)24(21)28)16-17-9-4-2-5-10-17/h2-15,22,27H,16H2,1H3. The Morgan fingerprint density at radius 2 is 1.60 bits per heavy atom. The quantitative estimate of drug-likeness (QED) is 0.394. The van der Waals surface area contributed by atoms with Gasteiger partial charge >= 0.3 is 0 Å². The van der Waals surface area contributed by atoms with Crippen LogP contribution in [0.15, 0.2) is 90.5 Å². The van der Waals surface area contributed by atoms with Crippen LogP contribution < -0.4 is 4.74 Å². The highest BCUT2D eigenvalue weighted by molar-refractivity contribution is 6.46. The first-order chi connectivity index (χ1) is 14.6. The Morgan fingerprint density at radius 3 is 2.27 bits per heavy atom. The molecule has 0 spiro atoms. The van der Waals surface area contributed by atoms with E-state index in [1.807, 2.05) is 60.7 Å². The number of rotatable bonds is 5. The second kappa shape index (κ2) is 8.25. The number of hydrogen-bond donors (Lipinski definition) is 1. The van der Waals surface area contributed by atoms with Gasteiger partial charge in [0.15, 0.2) is 0 Å². The van der Waals surface area contributed by atoms with Crippen LogP contribution in [-0.4, -0.2) is 28.8 Å². The highest BCUT2D eigenvalue weighted by atomic mass is 16.5. The van der Waals surface area contributed by atoms with Crippen LogP contribution in [-0.2, 0) is 16.1 Å². The largest absolute Gasteiger partial charge is 0.507 e. The lowest BCUT2D eigenvalue weighted by molar-refractivity contribution is -0.140. The second-order valence-corrected chi connectivity index (χ2v) is 7.06. The summed E-state index contributed by atoms with van der Waals surface area (Å²) in [5.41, 5.74) is 2.17. The normalized spacial score (nSPS) is 17.9. The first-order valence-electron chi connectivity index (χ1n) is 9.62. The van der Waals surface area contributed by atoms with Crippen LogP contribution in [0.2, 0.25) is 0 Å². The Labute approximate surface area is 174 Å². The minimum absolute atomic E-state index is 0.0791. The molecule has 1 N–H and O–H groups in total. The maximum atomic E-state index is 13.0. The van der Waals surface area contributed by atoms with E-state index >= 15 is 0 Å². The van der Waals surface area contributed by atoms with Gasteiger partial charge in [-0.3, -0.25) is 9.59 Å². The zero-order valence-corrected chi connectivity index (χ0v) is 16.5. The number of ether oxygens (including phenoxy) is 1. The maximum Gasteiger partial charge on any atom is 0.295 e. The predicted octanol–water partition coefficient (Wildman–Crippen LogP) is 4.32. The number of nitrogens with zero attached hydrogens (tertiary/aromatic N) is 1. The Hall–Kier alpha value is -3.86. The zero-order chi connectivity index (χ0) is 21.1. The molecule has 30 heavy (non-hydrogen) atoms. The van der Waals surface area contributed by atoms with Crippen molar-refractivity contribution < 1.29 is 19.4 Å². The number of benzene rings is 3. The third-order valence-electron chi connectivity index (χ3n) is 5.19. The third-order valence-corrected chi connectivity index (χ3v) is 5.19. The van der Waals surface area contributed by atoms with Crippen molar-refractivity contribution in [2.45, 2.75) is 12.6 Å². The molecule has 5 nitrogen and oxygen atoms in total. The van der Waals surface area contributed by atoms with Crippen molar-refractivity contribution in [1.29, 1.82) is 0 Å². The lowest BCUT2D eigenvalue weighted by atomic mass is 9.95. The molecule has 1 unspecified atom stereocenters. The number of amides is 1. The van der Waals surface area contributed by atoms with Gasteiger partial charge in [-0.15, -0.1) is 0 Å². The van der Waals surface area contributed by atoms with Gasteiger partial charge in [0.25, 0.3) is 11.7 Å². The van der Waals surface area contributed by atoms with E-state index in [1.54, 1.807) is 24.3 Å². The molecule has 1 amide bonds. The summed E-state index contributed by atoms with van der Waals surface area (Å²) >= 11 is 0. The van der Waals surface area contributed by atoms with Gasteiger partial charge < -0.3 is 14.7 Å². The number of Topliss-reactive ketones (excluding diaryl/α,β-unsaturated/α-hetero) is 1. The molecular weight excluding hydrogens is 378 g/mol. The topological polar surface area (TPSA) is 66.8 Å². The van der Waals surface area contributed by atoms with Crippen LogP contribution in [0, 0.1) is 0 Å². The fourth-order valence-electron chi connectivity index (χ4n) is 3.73. The molecule has 1 saturated heterocycles. The monoisotopic (exact) mass is 399 g/mol. The van der Waals surface area contributed by atoms with E-state index in [1.165, 1.54) is 12.0 Å². The molecule has 5 heteroatoms. The Bertz CT molecular complexity index is 1110. The minimum Gasteiger partial charge on any atom is -0.507 e. The van der Waals surface area contributed by atoms with E-state index < -0.39 is 17.7 Å². The van der Waals surface area contributed by atoms with Gasteiger partial charge in [-0.05, 0) is 23.3 Å². The molecule has 1 aliphatic rings. The van der Waals surface area contributed by atoms with Crippen molar-refractivity contribution in [1.82, 2.24) is 4.90 Å². The van der Waals surface area contributed by atoms with Crippen LogP contribution in [0.3, 0.4) is 0 Å². The lowest BCUT2D eigenvalue weighted by Crippen LogP contribution is -2.29. The molecule has 4 rings (SSSR count). The molecule has 1 fully saturated rings. The number of aliphatic hydroxyl groups is 1. The molecule has 0 aliphatic carbocycles. The van der Waals surface area contributed by atoms with E-state index in [0.29, 0.717) is 11.3 Å². The van der Waals surface area contributed by atoms with E-state index in [-0.39, 0.29) is 17.9 Å². The van der Waals surface area contributed by atoms with Crippen molar-refractivity contribution in [3.63, 3.8) is 0 Å². The maximum absolute atomic E-state index is 13.0. The van der Waals surface area contributed by atoms with Crippen molar-refractivity contribution in [2.75, 3.05) is 7.11 Å². The molecule has 150 valence electrons. The molecule has 1 aliphatic heterocycles. The SMILES string of the molecule is COc1cccc(C(O)=C2C(=O)C(=O)N(Cc3ccccc3)C2c2ccccc2)c1. The number of likely N-dealkylation sites (tertiary alicyclic amines) is 1. The fraction of sp³-hybridized carbons (Fsp3) is 0.120. The minimum atomic E-state index is -0.694. The average molecular weight is 399 g/mol. The number of methoxy groups -OCH3 is 1. The molecule has 3 aromatic carbocycles. The van der Waals surface area contributed by atoms with Gasteiger partial charge in [-0.1, -0.05) is 72.8 Å². The molecule has 0 aromatic heterocycles. The Kier molecular flexibility index (Phi) is 5.35. The molecule has 0 bridgehead atoms. The van der Waals surface area contributed by atoms with Gasteiger partial charge in [0.2, 0.25) is 0 Å². The number of carbonyl (C=O) groups is 2. The molecule has 3 aromatic rings. The van der Waals surface area contributed by atoms with Gasteiger partial charge in [-0.2, -0.15) is 0 Å². The summed E-state index contributed by atoms with van der Waals surface area (Å²) in [4.78, 5) is 27.5.